The number of hydrogen-bond acceptors (Lipinski definition) is 4. The molecule has 1 aliphatic heterocycles. The first-order valence-electron chi connectivity index (χ1n) is 5.00. The summed E-state index contributed by atoms with van der Waals surface area (Å²) in [7, 11) is 3.15. The average molecular weight is 302 g/mol. The van der Waals surface area contributed by atoms with Gasteiger partial charge in [-0.2, -0.15) is 0 Å². The van der Waals surface area contributed by atoms with Gasteiger partial charge in [-0.3, -0.25) is 0 Å². The van der Waals surface area contributed by atoms with E-state index in [0.717, 1.165) is 10.0 Å². The lowest BCUT2D eigenvalue weighted by molar-refractivity contribution is 0.177. The van der Waals surface area contributed by atoms with Crippen LogP contribution in [0.15, 0.2) is 16.6 Å². The van der Waals surface area contributed by atoms with Gasteiger partial charge in [0.15, 0.2) is 0 Å². The molecule has 5 nitrogen and oxygen atoms in total. The van der Waals surface area contributed by atoms with E-state index in [1.165, 1.54) is 0 Å². The van der Waals surface area contributed by atoms with Gasteiger partial charge in [-0.25, -0.2) is 4.79 Å². The maximum absolute atomic E-state index is 11.0. The van der Waals surface area contributed by atoms with Crippen molar-refractivity contribution < 1.29 is 19.0 Å². The highest BCUT2D eigenvalue weighted by Crippen LogP contribution is 2.37. The summed E-state index contributed by atoms with van der Waals surface area (Å²) in [5, 5.41) is 2.70. The lowest BCUT2D eigenvalue weighted by Gasteiger charge is -2.14. The fraction of sp³-hybridized carbons (Fsp3) is 0.364. The van der Waals surface area contributed by atoms with Crippen molar-refractivity contribution in [3.8, 4) is 11.5 Å². The maximum Gasteiger partial charge on any atom is 0.407 e. The lowest BCUT2D eigenvalue weighted by Crippen LogP contribution is -2.18. The lowest BCUT2D eigenvalue weighted by atomic mass is 10.1. The van der Waals surface area contributed by atoms with Crippen LogP contribution >= 0.6 is 15.9 Å². The van der Waals surface area contributed by atoms with E-state index < -0.39 is 6.09 Å². The molecule has 2 rings (SSSR count). The van der Waals surface area contributed by atoms with Crippen molar-refractivity contribution in [2.45, 2.75) is 6.04 Å². The van der Waals surface area contributed by atoms with Gasteiger partial charge in [-0.1, -0.05) is 0 Å². The van der Waals surface area contributed by atoms with Crippen LogP contribution in [-0.2, 0) is 4.74 Å². The monoisotopic (exact) mass is 301 g/mol. The third-order valence-electron chi connectivity index (χ3n) is 2.54. The molecule has 0 bridgehead atoms. The Kier molecular flexibility index (Phi) is 3.42. The van der Waals surface area contributed by atoms with Crippen LogP contribution in [0, 0.1) is 0 Å². The molecule has 1 aromatic rings. The summed E-state index contributed by atoms with van der Waals surface area (Å²) in [6, 6.07) is 3.51. The molecule has 17 heavy (non-hydrogen) atoms. The smallest absolute Gasteiger partial charge is 0.407 e. The van der Waals surface area contributed by atoms with E-state index in [2.05, 4.69) is 21.2 Å². The van der Waals surface area contributed by atoms with E-state index in [-0.39, 0.29) is 6.04 Å². The van der Waals surface area contributed by atoms with Gasteiger partial charge in [-0.05, 0) is 33.6 Å². The predicted molar refractivity (Wildman–Crippen MR) is 64.5 cm³/mol. The molecule has 0 aromatic heterocycles. The second-order valence-corrected chi connectivity index (χ2v) is 4.33. The molecule has 0 radical (unpaired) electrons. The van der Waals surface area contributed by atoms with Crippen LogP contribution < -0.4 is 14.8 Å². The number of alkyl carbamates (subject to hydrolysis) is 1. The Hall–Kier alpha value is -1.43. The van der Waals surface area contributed by atoms with E-state index in [1.54, 1.807) is 14.2 Å². The number of rotatable bonds is 3. The molecule has 92 valence electrons. The maximum atomic E-state index is 11.0. The molecule has 1 heterocycles. The van der Waals surface area contributed by atoms with Crippen LogP contribution in [0.25, 0.3) is 0 Å². The Labute approximate surface area is 107 Å². The first kappa shape index (κ1) is 12.0. The fourth-order valence-electron chi connectivity index (χ4n) is 1.65. The van der Waals surface area contributed by atoms with Gasteiger partial charge in [0.05, 0.1) is 20.3 Å². The van der Waals surface area contributed by atoms with Gasteiger partial charge in [0.25, 0.3) is 0 Å². The van der Waals surface area contributed by atoms with E-state index in [0.29, 0.717) is 18.1 Å². The van der Waals surface area contributed by atoms with Gasteiger partial charge >= 0.3 is 6.09 Å². The highest BCUT2D eigenvalue weighted by Gasteiger charge is 2.25. The van der Waals surface area contributed by atoms with Crippen molar-refractivity contribution in [2.24, 2.45) is 0 Å². The largest absolute Gasteiger partial charge is 0.495 e. The van der Waals surface area contributed by atoms with Gasteiger partial charge < -0.3 is 19.5 Å². The van der Waals surface area contributed by atoms with Crippen LogP contribution in [0.2, 0.25) is 0 Å². The molecular weight excluding hydrogens is 290 g/mol. The Morgan fingerprint density at radius 3 is 2.35 bits per heavy atom. The van der Waals surface area contributed by atoms with Crippen molar-refractivity contribution in [1.29, 1.82) is 0 Å². The third-order valence-corrected chi connectivity index (χ3v) is 3.33. The highest BCUT2D eigenvalue weighted by atomic mass is 79.9. The summed E-state index contributed by atoms with van der Waals surface area (Å²) in [4.78, 5) is 11.0. The summed E-state index contributed by atoms with van der Waals surface area (Å²) in [6.45, 7) is 0.312. The second kappa shape index (κ2) is 4.83. The number of halogens is 1. The van der Waals surface area contributed by atoms with E-state index in [1.807, 2.05) is 12.1 Å². The quantitative estimate of drug-likeness (QED) is 0.930. The number of methoxy groups -OCH3 is 2. The fourth-order valence-corrected chi connectivity index (χ4v) is 2.21. The molecule has 1 fully saturated rings. The van der Waals surface area contributed by atoms with Crippen LogP contribution in [0.3, 0.4) is 0 Å². The zero-order valence-corrected chi connectivity index (χ0v) is 11.0. The standard InChI is InChI=1S/C11H12BrNO4/c1-15-8-3-6(4-9(16-2)10(8)12)7-5-17-11(14)13-7/h3-4,7H,5H2,1-2H3,(H,13,14)/t7-/m0/s1. The molecule has 0 unspecified atom stereocenters. The predicted octanol–water partition coefficient (Wildman–Crippen LogP) is 2.25. The zero-order chi connectivity index (χ0) is 12.4. The number of nitrogens with one attached hydrogen (secondary N) is 1. The van der Waals surface area contributed by atoms with Gasteiger partial charge in [0.2, 0.25) is 0 Å². The zero-order valence-electron chi connectivity index (χ0n) is 9.45. The molecule has 6 heteroatoms. The Morgan fingerprint density at radius 1 is 1.35 bits per heavy atom. The van der Waals surface area contributed by atoms with E-state index >= 15 is 0 Å². The van der Waals surface area contributed by atoms with E-state index in [9.17, 15) is 4.79 Å². The molecule has 1 aromatic carbocycles. The van der Waals surface area contributed by atoms with Gasteiger partial charge in [-0.15, -0.1) is 0 Å². The number of benzene rings is 1. The number of ether oxygens (including phenoxy) is 3. The normalized spacial score (nSPS) is 18.5. The number of carbonyl (C=O) groups excluding carboxylic acids is 1. The van der Waals surface area contributed by atoms with Gasteiger partial charge in [0, 0.05) is 0 Å². The third kappa shape index (κ3) is 2.31. The van der Waals surface area contributed by atoms with Crippen LogP contribution in [0.5, 0.6) is 11.5 Å². The SMILES string of the molecule is COc1cc([C@@H]2COC(=O)N2)cc(OC)c1Br. The number of hydrogen-bond donors (Lipinski definition) is 1. The summed E-state index contributed by atoms with van der Waals surface area (Å²) in [6.07, 6.45) is -0.407. The van der Waals surface area contributed by atoms with Crippen molar-refractivity contribution in [3.05, 3.63) is 22.2 Å². The average Bonchev–Trinajstić information content (AvgIpc) is 2.76. The molecule has 0 spiro atoms. The molecule has 1 aliphatic rings. The molecule has 1 atom stereocenters. The van der Waals surface area contributed by atoms with Crippen LogP contribution in [0.1, 0.15) is 11.6 Å². The van der Waals surface area contributed by atoms with Crippen molar-refractivity contribution in [2.75, 3.05) is 20.8 Å². The molecular formula is C11H12BrNO4. The van der Waals surface area contributed by atoms with Crippen molar-refractivity contribution >= 4 is 22.0 Å². The summed E-state index contributed by atoms with van der Waals surface area (Å²) >= 11 is 3.39. The molecule has 1 saturated heterocycles. The molecule has 1 N–H and O–H groups in total. The highest BCUT2D eigenvalue weighted by molar-refractivity contribution is 9.10. The van der Waals surface area contributed by atoms with Crippen LogP contribution in [0.4, 0.5) is 4.79 Å². The van der Waals surface area contributed by atoms with Crippen LogP contribution in [-0.4, -0.2) is 26.9 Å². The minimum atomic E-state index is -0.407. The summed E-state index contributed by atoms with van der Waals surface area (Å²) in [5.41, 5.74) is 0.882. The Bertz CT molecular complexity index is 424. The Balaban J connectivity index is 2.37. The van der Waals surface area contributed by atoms with Crippen molar-refractivity contribution in [3.63, 3.8) is 0 Å². The molecule has 1 amide bonds. The van der Waals surface area contributed by atoms with Crippen molar-refractivity contribution in [1.82, 2.24) is 5.32 Å². The molecule has 0 saturated carbocycles. The van der Waals surface area contributed by atoms with E-state index in [4.69, 9.17) is 14.2 Å². The minimum absolute atomic E-state index is 0.168. The minimum Gasteiger partial charge on any atom is -0.495 e. The summed E-state index contributed by atoms with van der Waals surface area (Å²) < 4.78 is 16.1. The number of carbonyl (C=O) groups is 1. The number of cyclic esters (lactones) is 1. The van der Waals surface area contributed by atoms with Gasteiger partial charge in [0.1, 0.15) is 22.6 Å². The Morgan fingerprint density at radius 2 is 1.94 bits per heavy atom. The topological polar surface area (TPSA) is 56.8 Å². The first-order valence-corrected chi connectivity index (χ1v) is 5.79. The summed E-state index contributed by atoms with van der Waals surface area (Å²) in [5.74, 6) is 1.31. The first-order chi connectivity index (χ1) is 8.15. The second-order valence-electron chi connectivity index (χ2n) is 3.53. The molecule has 0 aliphatic carbocycles. The number of amides is 1.